The van der Waals surface area contributed by atoms with E-state index in [1.807, 2.05) is 12.1 Å². The standard InChI is InChI=1S/C29H30FN5O4/c30-23-13-33-35-25(29(38)32-12-22-18-5-16-3-17(7-18)8-19(22)6-16)10-24(34-27(23)35)28(37)31-11-15-1-2-26-20(4-15)9-21(36)14-39-26/h1-2,4,10,13,16-19,22H,3,5-9,11-12,14H2,(H,31,37)(H,32,38). The van der Waals surface area contributed by atoms with Crippen LogP contribution in [0.5, 0.6) is 5.75 Å². The van der Waals surface area contributed by atoms with Crippen molar-refractivity contribution in [1.82, 2.24) is 25.2 Å². The molecule has 9 nitrogen and oxygen atoms in total. The Kier molecular flexibility index (Phi) is 5.86. The van der Waals surface area contributed by atoms with Crippen molar-refractivity contribution >= 4 is 23.2 Å². The Morgan fingerprint density at radius 1 is 1.03 bits per heavy atom. The van der Waals surface area contributed by atoms with E-state index in [1.54, 1.807) is 6.07 Å². The zero-order valence-corrected chi connectivity index (χ0v) is 21.5. The molecule has 2 N–H and O–H groups in total. The quantitative estimate of drug-likeness (QED) is 0.505. The molecule has 0 radical (unpaired) electrons. The highest BCUT2D eigenvalue weighted by atomic mass is 19.1. The molecule has 0 atom stereocenters. The van der Waals surface area contributed by atoms with Crippen LogP contribution in [0, 0.1) is 35.4 Å². The minimum Gasteiger partial charge on any atom is -0.486 e. The first-order valence-electron chi connectivity index (χ1n) is 13.8. The van der Waals surface area contributed by atoms with Gasteiger partial charge >= 0.3 is 0 Å². The highest BCUT2D eigenvalue weighted by Gasteiger charge is 2.48. The van der Waals surface area contributed by atoms with Gasteiger partial charge in [0.05, 0.1) is 6.20 Å². The number of carbonyl (C=O) groups is 3. The molecule has 2 amide bonds. The molecule has 3 heterocycles. The summed E-state index contributed by atoms with van der Waals surface area (Å²) in [6, 6.07) is 6.77. The van der Waals surface area contributed by atoms with Gasteiger partial charge < -0.3 is 15.4 Å². The lowest BCUT2D eigenvalue weighted by atomic mass is 9.52. The topological polar surface area (TPSA) is 115 Å². The first-order valence-corrected chi connectivity index (χ1v) is 13.8. The van der Waals surface area contributed by atoms with Gasteiger partial charge in [-0.2, -0.15) is 5.10 Å². The number of nitrogens with one attached hydrogen (secondary N) is 2. The van der Waals surface area contributed by atoms with Crippen molar-refractivity contribution in [2.45, 2.75) is 45.1 Å². The fourth-order valence-corrected chi connectivity index (χ4v) is 7.60. The second-order valence-corrected chi connectivity index (χ2v) is 11.7. The van der Waals surface area contributed by atoms with E-state index in [9.17, 15) is 18.8 Å². The van der Waals surface area contributed by atoms with E-state index in [0.29, 0.717) is 30.0 Å². The first-order chi connectivity index (χ1) is 18.9. The van der Waals surface area contributed by atoms with Crippen LogP contribution in [0.15, 0.2) is 30.5 Å². The van der Waals surface area contributed by atoms with Gasteiger partial charge in [0.25, 0.3) is 11.8 Å². The van der Waals surface area contributed by atoms with Gasteiger partial charge in [-0.15, -0.1) is 0 Å². The third-order valence-corrected chi connectivity index (χ3v) is 9.17. The lowest BCUT2D eigenvalue weighted by Gasteiger charge is -2.54. The Hall–Kier alpha value is -3.82. The number of carbonyl (C=O) groups excluding carboxylic acids is 3. The van der Waals surface area contributed by atoms with Crippen LogP contribution in [0.2, 0.25) is 0 Å². The molecule has 4 fully saturated rings. The molecule has 39 heavy (non-hydrogen) atoms. The van der Waals surface area contributed by atoms with Crippen molar-refractivity contribution in [1.29, 1.82) is 0 Å². The maximum atomic E-state index is 14.5. The summed E-state index contributed by atoms with van der Waals surface area (Å²) in [7, 11) is 0. The number of ketones is 1. The Labute approximate surface area is 224 Å². The summed E-state index contributed by atoms with van der Waals surface area (Å²) in [6.07, 6.45) is 7.69. The maximum Gasteiger partial charge on any atom is 0.270 e. The smallest absolute Gasteiger partial charge is 0.270 e. The molecule has 0 spiro atoms. The summed E-state index contributed by atoms with van der Waals surface area (Å²) in [5.41, 5.74) is 1.38. The van der Waals surface area contributed by atoms with Crippen molar-refractivity contribution < 1.29 is 23.5 Å². The molecule has 8 rings (SSSR count). The molecule has 0 saturated heterocycles. The zero-order valence-electron chi connectivity index (χ0n) is 21.5. The fraction of sp³-hybridized carbons (Fsp3) is 0.483. The summed E-state index contributed by atoms with van der Waals surface area (Å²) >= 11 is 0. The molecule has 4 aliphatic carbocycles. The van der Waals surface area contributed by atoms with E-state index in [0.717, 1.165) is 33.7 Å². The van der Waals surface area contributed by atoms with E-state index in [2.05, 4.69) is 20.7 Å². The normalized spacial score (nSPS) is 26.8. The number of amides is 2. The average Bonchev–Trinajstić information content (AvgIpc) is 3.30. The van der Waals surface area contributed by atoms with Gasteiger partial charge in [0.1, 0.15) is 23.7 Å². The Bertz CT molecular complexity index is 1470. The molecule has 1 aromatic carbocycles. The molecule has 10 heteroatoms. The van der Waals surface area contributed by atoms with Gasteiger partial charge in [0.15, 0.2) is 17.2 Å². The molecule has 202 valence electrons. The Morgan fingerprint density at radius 2 is 1.79 bits per heavy atom. The van der Waals surface area contributed by atoms with Crippen LogP contribution >= 0.6 is 0 Å². The molecule has 1 aliphatic heterocycles. The predicted molar refractivity (Wildman–Crippen MR) is 138 cm³/mol. The molecule has 2 aromatic heterocycles. The third kappa shape index (κ3) is 4.45. The molecular formula is C29H30FN5O4. The zero-order chi connectivity index (χ0) is 26.7. The number of Topliss-reactive ketones (excluding diaryl/α,β-unsaturated/α-hetero) is 1. The second-order valence-electron chi connectivity index (χ2n) is 11.7. The molecule has 4 saturated carbocycles. The summed E-state index contributed by atoms with van der Waals surface area (Å²) in [5, 5.41) is 9.84. The van der Waals surface area contributed by atoms with Crippen molar-refractivity contribution in [3.63, 3.8) is 0 Å². The van der Waals surface area contributed by atoms with Crippen LogP contribution < -0.4 is 15.4 Å². The number of hydrogen-bond acceptors (Lipinski definition) is 6. The van der Waals surface area contributed by atoms with Crippen LogP contribution in [-0.4, -0.2) is 45.3 Å². The Morgan fingerprint density at radius 3 is 2.56 bits per heavy atom. The SMILES string of the molecule is O=C1COc2ccc(CNC(=O)c3cc(C(=O)NCC4C5CC6CC(C5)CC4C6)n4ncc(F)c4n3)cc2C1. The van der Waals surface area contributed by atoms with Crippen LogP contribution in [0.3, 0.4) is 0 Å². The van der Waals surface area contributed by atoms with E-state index in [4.69, 9.17) is 4.74 Å². The molecule has 5 aliphatic rings. The van der Waals surface area contributed by atoms with Crippen LogP contribution in [0.1, 0.15) is 64.2 Å². The van der Waals surface area contributed by atoms with Gasteiger partial charge in [-0.05, 0) is 79.4 Å². The monoisotopic (exact) mass is 531 g/mol. The van der Waals surface area contributed by atoms with E-state index in [1.165, 1.54) is 38.2 Å². The number of fused-ring (bicyclic) bond motifs is 2. The number of ether oxygens (including phenoxy) is 1. The molecule has 0 unspecified atom stereocenters. The number of rotatable bonds is 6. The molecule has 3 aromatic rings. The minimum absolute atomic E-state index is 0.00173. The number of hydrogen-bond donors (Lipinski definition) is 2. The number of nitrogens with zero attached hydrogens (tertiary/aromatic N) is 3. The fourth-order valence-electron chi connectivity index (χ4n) is 7.60. The second kappa shape index (κ2) is 9.43. The molecule has 4 bridgehead atoms. The highest BCUT2D eigenvalue weighted by molar-refractivity contribution is 5.98. The van der Waals surface area contributed by atoms with E-state index < -0.39 is 17.6 Å². The summed E-state index contributed by atoms with van der Waals surface area (Å²) in [5.74, 6) is 2.51. The molecular weight excluding hydrogens is 501 g/mol. The number of aromatic nitrogens is 3. The first kappa shape index (κ1) is 24.2. The Balaban J connectivity index is 1.07. The summed E-state index contributed by atoms with van der Waals surface area (Å²) in [6.45, 7) is 0.817. The minimum atomic E-state index is -0.709. The van der Waals surface area contributed by atoms with E-state index >= 15 is 0 Å². The lowest BCUT2D eigenvalue weighted by molar-refractivity contribution is -0.121. The van der Waals surface area contributed by atoms with Crippen molar-refractivity contribution in [2.24, 2.45) is 29.6 Å². The third-order valence-electron chi connectivity index (χ3n) is 9.17. The van der Waals surface area contributed by atoms with Crippen LogP contribution in [0.25, 0.3) is 5.65 Å². The van der Waals surface area contributed by atoms with Gasteiger partial charge in [-0.1, -0.05) is 6.07 Å². The average molecular weight is 532 g/mol. The van der Waals surface area contributed by atoms with Gasteiger partial charge in [-0.3, -0.25) is 14.4 Å². The summed E-state index contributed by atoms with van der Waals surface area (Å²) < 4.78 is 21.1. The van der Waals surface area contributed by atoms with Crippen molar-refractivity contribution in [3.8, 4) is 5.75 Å². The number of halogens is 1. The lowest BCUT2D eigenvalue weighted by Crippen LogP contribution is -2.49. The van der Waals surface area contributed by atoms with Gasteiger partial charge in [0.2, 0.25) is 0 Å². The van der Waals surface area contributed by atoms with Gasteiger partial charge in [-0.25, -0.2) is 13.9 Å². The highest BCUT2D eigenvalue weighted by Crippen LogP contribution is 2.56. The number of benzene rings is 1. The predicted octanol–water partition coefficient (Wildman–Crippen LogP) is 3.10. The van der Waals surface area contributed by atoms with Crippen LogP contribution in [0.4, 0.5) is 4.39 Å². The van der Waals surface area contributed by atoms with Crippen molar-refractivity contribution in [3.05, 3.63) is 58.8 Å². The van der Waals surface area contributed by atoms with Crippen LogP contribution in [-0.2, 0) is 17.8 Å². The largest absolute Gasteiger partial charge is 0.486 e. The van der Waals surface area contributed by atoms with E-state index in [-0.39, 0.29) is 42.4 Å². The van der Waals surface area contributed by atoms with Gasteiger partial charge in [0, 0.05) is 31.1 Å². The van der Waals surface area contributed by atoms with Crippen molar-refractivity contribution in [2.75, 3.05) is 13.2 Å². The summed E-state index contributed by atoms with van der Waals surface area (Å²) in [4.78, 5) is 42.2. The maximum absolute atomic E-state index is 14.5.